The number of anilines is 1. The molecular formula is C22H22BrN3O3. The fourth-order valence-electron chi connectivity index (χ4n) is 3.85. The number of rotatable bonds is 6. The SMILES string of the molecule is O=C(CCN1C(=O)c2ccc(Br)cc2C1=O)Nc1ccccc1CN1CCCC1. The summed E-state index contributed by atoms with van der Waals surface area (Å²) in [7, 11) is 0. The Morgan fingerprint density at radius 2 is 1.72 bits per heavy atom. The van der Waals surface area contributed by atoms with E-state index in [1.807, 2.05) is 24.3 Å². The molecular weight excluding hydrogens is 434 g/mol. The van der Waals surface area contributed by atoms with Crippen LogP contribution in [0, 0.1) is 0 Å². The second-order valence-corrected chi connectivity index (χ2v) is 8.31. The van der Waals surface area contributed by atoms with Crippen LogP contribution in [0.4, 0.5) is 5.69 Å². The Bertz CT molecular complexity index is 970. The number of carbonyl (C=O) groups excluding carboxylic acids is 3. The number of nitrogens with zero attached hydrogens (tertiary/aromatic N) is 2. The van der Waals surface area contributed by atoms with Crippen LogP contribution in [0.3, 0.4) is 0 Å². The van der Waals surface area contributed by atoms with Crippen LogP contribution >= 0.6 is 15.9 Å². The largest absolute Gasteiger partial charge is 0.326 e. The number of nitrogens with one attached hydrogen (secondary N) is 1. The molecule has 29 heavy (non-hydrogen) atoms. The first-order valence-corrected chi connectivity index (χ1v) is 10.6. The van der Waals surface area contributed by atoms with E-state index in [1.165, 1.54) is 12.8 Å². The number of halogens is 1. The number of benzene rings is 2. The Morgan fingerprint density at radius 3 is 2.52 bits per heavy atom. The van der Waals surface area contributed by atoms with E-state index in [4.69, 9.17) is 0 Å². The number of amides is 3. The summed E-state index contributed by atoms with van der Waals surface area (Å²) in [4.78, 5) is 41.1. The van der Waals surface area contributed by atoms with Crippen molar-refractivity contribution in [1.29, 1.82) is 0 Å². The van der Waals surface area contributed by atoms with Crippen molar-refractivity contribution in [2.24, 2.45) is 0 Å². The minimum atomic E-state index is -0.353. The first-order chi connectivity index (χ1) is 14.0. The highest BCUT2D eigenvalue weighted by molar-refractivity contribution is 9.10. The van der Waals surface area contributed by atoms with Crippen LogP contribution in [0.5, 0.6) is 0 Å². The molecule has 1 saturated heterocycles. The maximum absolute atomic E-state index is 12.5. The Balaban J connectivity index is 1.38. The molecule has 0 saturated carbocycles. The zero-order valence-corrected chi connectivity index (χ0v) is 17.6. The molecule has 1 N–H and O–H groups in total. The fraction of sp³-hybridized carbons (Fsp3) is 0.318. The molecule has 0 unspecified atom stereocenters. The van der Waals surface area contributed by atoms with Crippen LogP contribution in [0.15, 0.2) is 46.9 Å². The van der Waals surface area contributed by atoms with Gasteiger partial charge in [0.15, 0.2) is 0 Å². The van der Waals surface area contributed by atoms with Crippen LogP contribution in [0.25, 0.3) is 0 Å². The number of hydrogen-bond acceptors (Lipinski definition) is 4. The molecule has 0 aliphatic carbocycles. The Kier molecular flexibility index (Phi) is 5.78. The van der Waals surface area contributed by atoms with Gasteiger partial charge in [-0.2, -0.15) is 0 Å². The van der Waals surface area contributed by atoms with E-state index >= 15 is 0 Å². The van der Waals surface area contributed by atoms with Gasteiger partial charge >= 0.3 is 0 Å². The average molecular weight is 456 g/mol. The van der Waals surface area contributed by atoms with Crippen molar-refractivity contribution < 1.29 is 14.4 Å². The van der Waals surface area contributed by atoms with Crippen molar-refractivity contribution in [3.8, 4) is 0 Å². The van der Waals surface area contributed by atoms with Crippen molar-refractivity contribution in [1.82, 2.24) is 9.80 Å². The molecule has 0 aromatic heterocycles. The normalized spacial score (nSPS) is 16.4. The molecule has 4 rings (SSSR count). The number of likely N-dealkylation sites (tertiary alicyclic amines) is 1. The number of fused-ring (bicyclic) bond motifs is 1. The van der Waals surface area contributed by atoms with Gasteiger partial charge in [0.2, 0.25) is 5.91 Å². The van der Waals surface area contributed by atoms with Crippen molar-refractivity contribution in [2.45, 2.75) is 25.8 Å². The van der Waals surface area contributed by atoms with Crippen LogP contribution in [0.1, 0.15) is 45.5 Å². The highest BCUT2D eigenvalue weighted by atomic mass is 79.9. The van der Waals surface area contributed by atoms with Gasteiger partial charge in [-0.3, -0.25) is 24.2 Å². The van der Waals surface area contributed by atoms with Crippen LogP contribution in [0.2, 0.25) is 0 Å². The molecule has 2 heterocycles. The second-order valence-electron chi connectivity index (χ2n) is 7.39. The van der Waals surface area contributed by atoms with Gasteiger partial charge in [-0.05, 0) is 55.8 Å². The first-order valence-electron chi connectivity index (χ1n) is 9.79. The Morgan fingerprint density at radius 1 is 1.00 bits per heavy atom. The molecule has 0 atom stereocenters. The molecule has 2 aromatic rings. The maximum atomic E-state index is 12.5. The lowest BCUT2D eigenvalue weighted by molar-refractivity contribution is -0.116. The minimum Gasteiger partial charge on any atom is -0.326 e. The molecule has 3 amide bonds. The number of imide groups is 1. The van der Waals surface area contributed by atoms with E-state index < -0.39 is 0 Å². The summed E-state index contributed by atoms with van der Waals surface area (Å²) in [5.74, 6) is -0.912. The summed E-state index contributed by atoms with van der Waals surface area (Å²) in [5, 5.41) is 2.95. The highest BCUT2D eigenvalue weighted by Gasteiger charge is 2.35. The fourth-order valence-corrected chi connectivity index (χ4v) is 4.21. The van der Waals surface area contributed by atoms with Crippen molar-refractivity contribution >= 4 is 39.3 Å². The maximum Gasteiger partial charge on any atom is 0.261 e. The number of hydrogen-bond donors (Lipinski definition) is 1. The second kappa shape index (κ2) is 8.47. The summed E-state index contributed by atoms with van der Waals surface area (Å²) in [5.41, 5.74) is 2.62. The molecule has 6 nitrogen and oxygen atoms in total. The quantitative estimate of drug-likeness (QED) is 0.674. The number of carbonyl (C=O) groups is 3. The van der Waals surface area contributed by atoms with Gasteiger partial charge in [0.1, 0.15) is 0 Å². The van der Waals surface area contributed by atoms with Crippen molar-refractivity contribution in [3.63, 3.8) is 0 Å². The van der Waals surface area contributed by atoms with Crippen LogP contribution in [-0.2, 0) is 11.3 Å². The Labute approximate surface area is 178 Å². The predicted molar refractivity (Wildman–Crippen MR) is 114 cm³/mol. The summed E-state index contributed by atoms with van der Waals surface area (Å²) in [6.45, 7) is 3.03. The van der Waals surface area contributed by atoms with Crippen LogP contribution < -0.4 is 5.32 Å². The molecule has 150 valence electrons. The zero-order valence-electron chi connectivity index (χ0n) is 16.0. The average Bonchev–Trinajstić information content (AvgIpc) is 3.29. The standard InChI is InChI=1S/C22H22BrN3O3/c23-16-7-8-17-18(13-16)22(29)26(21(17)28)12-9-20(27)24-19-6-2-1-5-15(19)14-25-10-3-4-11-25/h1-2,5-8,13H,3-4,9-12,14H2,(H,24,27). The lowest BCUT2D eigenvalue weighted by Crippen LogP contribution is -2.33. The molecule has 2 aliphatic heterocycles. The third-order valence-electron chi connectivity index (χ3n) is 5.38. The van der Waals surface area contributed by atoms with Crippen molar-refractivity contribution in [3.05, 3.63) is 63.6 Å². The van der Waals surface area contributed by atoms with Crippen LogP contribution in [-0.4, -0.2) is 47.2 Å². The molecule has 1 fully saturated rings. The molecule has 0 radical (unpaired) electrons. The van der Waals surface area contributed by atoms with Crippen molar-refractivity contribution in [2.75, 3.05) is 25.0 Å². The third kappa shape index (κ3) is 4.26. The van der Waals surface area contributed by atoms with Gasteiger partial charge in [-0.25, -0.2) is 0 Å². The number of para-hydroxylation sites is 1. The van der Waals surface area contributed by atoms with Gasteiger partial charge in [0.05, 0.1) is 11.1 Å². The highest BCUT2D eigenvalue weighted by Crippen LogP contribution is 2.26. The van der Waals surface area contributed by atoms with Gasteiger partial charge in [-0.1, -0.05) is 34.1 Å². The lowest BCUT2D eigenvalue weighted by Gasteiger charge is -2.18. The monoisotopic (exact) mass is 455 g/mol. The van der Waals surface area contributed by atoms with E-state index in [0.717, 1.165) is 40.3 Å². The van der Waals surface area contributed by atoms with Gasteiger partial charge in [-0.15, -0.1) is 0 Å². The molecule has 0 spiro atoms. The Hall–Kier alpha value is -2.51. The van der Waals surface area contributed by atoms with Gasteiger partial charge in [0.25, 0.3) is 11.8 Å². The third-order valence-corrected chi connectivity index (χ3v) is 5.87. The summed E-state index contributed by atoms with van der Waals surface area (Å²) < 4.78 is 0.742. The summed E-state index contributed by atoms with van der Waals surface area (Å²) >= 11 is 3.32. The van der Waals surface area contributed by atoms with E-state index in [1.54, 1.807) is 18.2 Å². The summed E-state index contributed by atoms with van der Waals surface area (Å²) in [6, 6.07) is 12.8. The topological polar surface area (TPSA) is 69.7 Å². The molecule has 0 bridgehead atoms. The molecule has 2 aromatic carbocycles. The molecule has 7 heteroatoms. The van der Waals surface area contributed by atoms with E-state index in [2.05, 4.69) is 26.1 Å². The minimum absolute atomic E-state index is 0.0596. The molecule has 2 aliphatic rings. The van der Waals surface area contributed by atoms with E-state index in [9.17, 15) is 14.4 Å². The van der Waals surface area contributed by atoms with E-state index in [-0.39, 0.29) is 30.7 Å². The lowest BCUT2D eigenvalue weighted by atomic mass is 10.1. The van der Waals surface area contributed by atoms with Gasteiger partial charge < -0.3 is 5.32 Å². The summed E-state index contributed by atoms with van der Waals surface area (Å²) in [6.07, 6.45) is 2.49. The van der Waals surface area contributed by atoms with E-state index in [0.29, 0.717) is 11.1 Å². The predicted octanol–water partition coefficient (Wildman–Crippen LogP) is 3.67. The smallest absolute Gasteiger partial charge is 0.261 e. The van der Waals surface area contributed by atoms with Gasteiger partial charge in [0, 0.05) is 29.7 Å². The zero-order chi connectivity index (χ0) is 20.4. The first kappa shape index (κ1) is 19.8.